The predicted octanol–water partition coefficient (Wildman–Crippen LogP) is 2.87. The monoisotopic (exact) mass is 320 g/mol. The summed E-state index contributed by atoms with van der Waals surface area (Å²) in [6, 6.07) is 5.27. The van der Waals surface area contributed by atoms with Gasteiger partial charge in [-0.2, -0.15) is 0 Å². The van der Waals surface area contributed by atoms with Crippen molar-refractivity contribution in [3.8, 4) is 5.75 Å². The second kappa shape index (κ2) is 5.95. The van der Waals surface area contributed by atoms with Crippen molar-refractivity contribution in [1.82, 2.24) is 0 Å². The number of esters is 1. The highest BCUT2D eigenvalue weighted by Crippen LogP contribution is 2.22. The lowest BCUT2D eigenvalue weighted by Crippen LogP contribution is -2.05. The number of hydrogen-bond donors (Lipinski definition) is 0. The van der Waals surface area contributed by atoms with E-state index < -0.39 is 0 Å². The average Bonchev–Trinajstić information content (AvgIpc) is 2.21. The van der Waals surface area contributed by atoms with E-state index in [-0.39, 0.29) is 5.97 Å². The van der Waals surface area contributed by atoms with Gasteiger partial charge in [-0.15, -0.1) is 0 Å². The molecule has 0 bridgehead atoms. The van der Waals surface area contributed by atoms with Gasteiger partial charge in [0.1, 0.15) is 5.75 Å². The van der Waals surface area contributed by atoms with Crippen LogP contribution in [-0.2, 0) is 4.74 Å². The quantitative estimate of drug-likeness (QED) is 0.632. The van der Waals surface area contributed by atoms with Crippen LogP contribution < -0.4 is 4.74 Å². The molecule has 3 nitrogen and oxygen atoms in total. The van der Waals surface area contributed by atoms with Crippen molar-refractivity contribution >= 4 is 28.6 Å². The van der Waals surface area contributed by atoms with Crippen LogP contribution in [-0.4, -0.2) is 19.2 Å². The molecule has 0 unspecified atom stereocenters. The number of carbonyl (C=O) groups is 1. The summed E-state index contributed by atoms with van der Waals surface area (Å²) in [5.41, 5.74) is 0.560. The van der Waals surface area contributed by atoms with Crippen LogP contribution in [0.3, 0.4) is 0 Å². The molecule has 0 atom stereocenters. The van der Waals surface area contributed by atoms with Crippen molar-refractivity contribution < 1.29 is 14.3 Å². The maximum Gasteiger partial charge on any atom is 0.338 e. The summed E-state index contributed by atoms with van der Waals surface area (Å²) < 4.78 is 11.2. The van der Waals surface area contributed by atoms with Crippen LogP contribution in [0.2, 0.25) is 0 Å². The van der Waals surface area contributed by atoms with Crippen molar-refractivity contribution in [1.29, 1.82) is 0 Å². The molecule has 0 N–H and O–H groups in total. The van der Waals surface area contributed by atoms with Crippen LogP contribution in [0.1, 0.15) is 24.2 Å². The standard InChI is InChI=1S/C11H13IO3/c1-3-14-10-6-5-8(7-9(10)12)11(13)15-4-2/h5-7H,3-4H2,1-2H3. The highest BCUT2D eigenvalue weighted by atomic mass is 127. The number of halogens is 1. The van der Waals surface area contributed by atoms with E-state index in [2.05, 4.69) is 22.6 Å². The van der Waals surface area contributed by atoms with Gasteiger partial charge in [-0.05, 0) is 54.6 Å². The molecule has 0 fully saturated rings. The third-order valence-corrected chi connectivity index (χ3v) is 2.59. The van der Waals surface area contributed by atoms with Crippen LogP contribution in [0, 0.1) is 3.57 Å². The Balaban J connectivity index is 2.86. The molecular weight excluding hydrogens is 307 g/mol. The summed E-state index contributed by atoms with van der Waals surface area (Å²) in [7, 11) is 0. The van der Waals surface area contributed by atoms with Gasteiger partial charge < -0.3 is 9.47 Å². The Kier molecular flexibility index (Phi) is 4.87. The molecule has 0 amide bonds. The largest absolute Gasteiger partial charge is 0.493 e. The summed E-state index contributed by atoms with van der Waals surface area (Å²) in [5.74, 6) is 0.504. The Hall–Kier alpha value is -0.780. The van der Waals surface area contributed by atoms with Gasteiger partial charge in [-0.25, -0.2) is 4.79 Å². The fourth-order valence-electron chi connectivity index (χ4n) is 1.11. The molecule has 0 saturated carbocycles. The molecule has 1 aromatic rings. The maximum atomic E-state index is 11.4. The first-order valence-corrected chi connectivity index (χ1v) is 5.86. The van der Waals surface area contributed by atoms with Gasteiger partial charge in [0.15, 0.2) is 0 Å². The molecule has 4 heteroatoms. The van der Waals surface area contributed by atoms with Crippen molar-refractivity contribution in [2.45, 2.75) is 13.8 Å². The third-order valence-electron chi connectivity index (χ3n) is 1.74. The van der Waals surface area contributed by atoms with Gasteiger partial charge in [-0.1, -0.05) is 0 Å². The van der Waals surface area contributed by atoms with E-state index in [4.69, 9.17) is 9.47 Å². The zero-order valence-electron chi connectivity index (χ0n) is 8.75. The highest BCUT2D eigenvalue weighted by Gasteiger charge is 2.09. The lowest BCUT2D eigenvalue weighted by atomic mass is 10.2. The van der Waals surface area contributed by atoms with Gasteiger partial charge in [0.05, 0.1) is 22.3 Å². The number of benzene rings is 1. The first-order chi connectivity index (χ1) is 7.19. The number of carbonyl (C=O) groups excluding carboxylic acids is 1. The highest BCUT2D eigenvalue weighted by molar-refractivity contribution is 14.1. The summed E-state index contributed by atoms with van der Waals surface area (Å²) in [4.78, 5) is 11.4. The molecule has 0 radical (unpaired) electrons. The van der Waals surface area contributed by atoms with E-state index in [1.54, 1.807) is 25.1 Å². The van der Waals surface area contributed by atoms with Crippen molar-refractivity contribution in [2.24, 2.45) is 0 Å². The second-order valence-electron chi connectivity index (χ2n) is 2.80. The topological polar surface area (TPSA) is 35.5 Å². The fraction of sp³-hybridized carbons (Fsp3) is 0.364. The minimum Gasteiger partial charge on any atom is -0.493 e. The lowest BCUT2D eigenvalue weighted by Gasteiger charge is -2.07. The van der Waals surface area contributed by atoms with Gasteiger partial charge in [0.2, 0.25) is 0 Å². The Morgan fingerprint density at radius 2 is 2.07 bits per heavy atom. The number of rotatable bonds is 4. The van der Waals surface area contributed by atoms with E-state index in [0.717, 1.165) is 9.32 Å². The van der Waals surface area contributed by atoms with Gasteiger partial charge in [0, 0.05) is 0 Å². The zero-order chi connectivity index (χ0) is 11.3. The van der Waals surface area contributed by atoms with Crippen molar-refractivity contribution in [3.05, 3.63) is 27.3 Å². The smallest absolute Gasteiger partial charge is 0.338 e. The maximum absolute atomic E-state index is 11.4. The Bertz CT molecular complexity index is 350. The van der Waals surface area contributed by atoms with Crippen LogP contribution >= 0.6 is 22.6 Å². The van der Waals surface area contributed by atoms with Gasteiger partial charge in [0.25, 0.3) is 0 Å². The van der Waals surface area contributed by atoms with Gasteiger partial charge >= 0.3 is 5.97 Å². The molecule has 0 heterocycles. The van der Waals surface area contributed by atoms with E-state index in [0.29, 0.717) is 18.8 Å². The fourth-order valence-corrected chi connectivity index (χ4v) is 1.79. The van der Waals surface area contributed by atoms with Crippen LogP contribution in [0.5, 0.6) is 5.75 Å². The molecule has 0 aromatic heterocycles. The molecular formula is C11H13IO3. The Morgan fingerprint density at radius 3 is 2.60 bits per heavy atom. The third kappa shape index (κ3) is 3.37. The Labute approximate surface area is 103 Å². The molecule has 1 aromatic carbocycles. The molecule has 0 saturated heterocycles. The molecule has 15 heavy (non-hydrogen) atoms. The summed E-state index contributed by atoms with van der Waals surface area (Å²) in [5, 5.41) is 0. The zero-order valence-corrected chi connectivity index (χ0v) is 10.9. The van der Waals surface area contributed by atoms with Gasteiger partial charge in [-0.3, -0.25) is 0 Å². The van der Waals surface area contributed by atoms with Crippen LogP contribution in [0.4, 0.5) is 0 Å². The molecule has 0 aliphatic rings. The van der Waals surface area contributed by atoms with E-state index in [1.165, 1.54) is 0 Å². The van der Waals surface area contributed by atoms with E-state index in [1.807, 2.05) is 6.92 Å². The number of hydrogen-bond acceptors (Lipinski definition) is 3. The summed E-state index contributed by atoms with van der Waals surface area (Å²) >= 11 is 2.14. The SMILES string of the molecule is CCOC(=O)c1ccc(OCC)c(I)c1. The van der Waals surface area contributed by atoms with Crippen LogP contribution in [0.15, 0.2) is 18.2 Å². The minimum absolute atomic E-state index is 0.293. The van der Waals surface area contributed by atoms with E-state index in [9.17, 15) is 4.79 Å². The molecule has 1 rings (SSSR count). The van der Waals surface area contributed by atoms with Crippen molar-refractivity contribution in [2.75, 3.05) is 13.2 Å². The summed E-state index contributed by atoms with van der Waals surface area (Å²) in [6.07, 6.45) is 0. The number of ether oxygens (including phenoxy) is 2. The molecule has 0 spiro atoms. The van der Waals surface area contributed by atoms with Crippen LogP contribution in [0.25, 0.3) is 0 Å². The Morgan fingerprint density at radius 1 is 1.33 bits per heavy atom. The minimum atomic E-state index is -0.293. The van der Waals surface area contributed by atoms with E-state index >= 15 is 0 Å². The average molecular weight is 320 g/mol. The normalized spacial score (nSPS) is 9.80. The predicted molar refractivity (Wildman–Crippen MR) is 66.3 cm³/mol. The molecule has 82 valence electrons. The molecule has 0 aliphatic carbocycles. The lowest BCUT2D eigenvalue weighted by molar-refractivity contribution is 0.0526. The van der Waals surface area contributed by atoms with Crippen molar-refractivity contribution in [3.63, 3.8) is 0 Å². The first-order valence-electron chi connectivity index (χ1n) is 4.78. The second-order valence-corrected chi connectivity index (χ2v) is 3.96. The first kappa shape index (κ1) is 12.3. The summed E-state index contributed by atoms with van der Waals surface area (Å²) in [6.45, 7) is 4.73. The molecule has 0 aliphatic heterocycles.